The molecule has 0 unspecified atom stereocenters. The van der Waals surface area contributed by atoms with Gasteiger partial charge < -0.3 is 10.3 Å². The van der Waals surface area contributed by atoms with Crippen LogP contribution < -0.4 is 16.6 Å². The molecule has 0 saturated heterocycles. The molecule has 2 N–H and O–H groups in total. The molecule has 0 bridgehead atoms. The Morgan fingerprint density at radius 1 is 1.16 bits per heavy atom. The number of aryl methyl sites for hydroxylation is 2. The number of amides is 1. The third kappa shape index (κ3) is 3.46. The standard InChI is InChI=1S/C18H17N3O3S/c1-11-5-3-6-12(2)15(11)20-16(22)14-9-19-18(24)21(17(14)23)10-13-7-4-8-25-13/h3-9H,10H2,1-2H3,(H,19,24)(H,20,22). The fourth-order valence-electron chi connectivity index (χ4n) is 2.57. The van der Waals surface area contributed by atoms with Crippen molar-refractivity contribution >= 4 is 22.9 Å². The SMILES string of the molecule is Cc1cccc(C)c1NC(=O)c1c[nH]c(=O)n(Cc2cccs2)c1=O. The van der Waals surface area contributed by atoms with Crippen LogP contribution in [0.1, 0.15) is 26.4 Å². The summed E-state index contributed by atoms with van der Waals surface area (Å²) >= 11 is 1.44. The summed E-state index contributed by atoms with van der Waals surface area (Å²) in [5.41, 5.74) is 1.22. The number of rotatable bonds is 4. The average Bonchev–Trinajstić information content (AvgIpc) is 3.08. The molecule has 0 radical (unpaired) electrons. The van der Waals surface area contributed by atoms with Gasteiger partial charge in [0.05, 0.1) is 6.54 Å². The van der Waals surface area contributed by atoms with Crippen molar-refractivity contribution in [2.75, 3.05) is 5.32 Å². The van der Waals surface area contributed by atoms with Crippen LogP contribution in [0.4, 0.5) is 5.69 Å². The monoisotopic (exact) mass is 355 g/mol. The van der Waals surface area contributed by atoms with Gasteiger partial charge in [0, 0.05) is 16.8 Å². The lowest BCUT2D eigenvalue weighted by molar-refractivity contribution is 0.102. The lowest BCUT2D eigenvalue weighted by atomic mass is 10.1. The number of carbonyl (C=O) groups is 1. The van der Waals surface area contributed by atoms with E-state index in [1.807, 2.05) is 49.6 Å². The number of benzene rings is 1. The third-order valence-corrected chi connectivity index (χ3v) is 4.78. The smallest absolute Gasteiger partial charge is 0.321 e. The molecule has 2 aromatic heterocycles. The summed E-state index contributed by atoms with van der Waals surface area (Å²) in [6.45, 7) is 3.89. The van der Waals surface area contributed by atoms with E-state index in [1.165, 1.54) is 17.5 Å². The summed E-state index contributed by atoms with van der Waals surface area (Å²) in [4.78, 5) is 40.5. The van der Waals surface area contributed by atoms with Crippen LogP contribution in [-0.4, -0.2) is 15.5 Å². The van der Waals surface area contributed by atoms with E-state index < -0.39 is 17.2 Å². The number of para-hydroxylation sites is 1. The molecule has 6 nitrogen and oxygen atoms in total. The molecule has 0 aliphatic carbocycles. The highest BCUT2D eigenvalue weighted by Gasteiger charge is 2.16. The number of nitrogens with one attached hydrogen (secondary N) is 2. The van der Waals surface area contributed by atoms with Crippen molar-refractivity contribution in [2.24, 2.45) is 0 Å². The third-order valence-electron chi connectivity index (χ3n) is 3.92. The zero-order valence-electron chi connectivity index (χ0n) is 13.8. The quantitative estimate of drug-likeness (QED) is 0.754. The van der Waals surface area contributed by atoms with Gasteiger partial charge in [-0.2, -0.15) is 0 Å². The summed E-state index contributed by atoms with van der Waals surface area (Å²) < 4.78 is 1.03. The number of H-pyrrole nitrogens is 1. The summed E-state index contributed by atoms with van der Waals surface area (Å²) in [6.07, 6.45) is 1.17. The van der Waals surface area contributed by atoms with Crippen LogP contribution in [0.15, 0.2) is 51.5 Å². The lowest BCUT2D eigenvalue weighted by Crippen LogP contribution is -2.39. The van der Waals surface area contributed by atoms with Crippen LogP contribution in [-0.2, 0) is 6.54 Å². The van der Waals surface area contributed by atoms with E-state index in [-0.39, 0.29) is 12.1 Å². The van der Waals surface area contributed by atoms with Crippen LogP contribution in [0.5, 0.6) is 0 Å². The highest BCUT2D eigenvalue weighted by atomic mass is 32.1. The van der Waals surface area contributed by atoms with Crippen LogP contribution in [0.2, 0.25) is 0 Å². The minimum atomic E-state index is -0.610. The molecular formula is C18H17N3O3S. The van der Waals surface area contributed by atoms with Crippen molar-refractivity contribution in [1.29, 1.82) is 0 Å². The van der Waals surface area contributed by atoms with Gasteiger partial charge in [0.1, 0.15) is 5.56 Å². The van der Waals surface area contributed by atoms with Gasteiger partial charge in [-0.3, -0.25) is 14.2 Å². The van der Waals surface area contributed by atoms with Gasteiger partial charge in [0.25, 0.3) is 11.5 Å². The summed E-state index contributed by atoms with van der Waals surface area (Å²) in [5, 5.41) is 4.64. The topological polar surface area (TPSA) is 84.0 Å². The minimum Gasteiger partial charge on any atom is -0.321 e. The van der Waals surface area contributed by atoms with Crippen molar-refractivity contribution in [3.8, 4) is 0 Å². The fraction of sp³-hybridized carbons (Fsp3) is 0.167. The Morgan fingerprint density at radius 2 is 1.88 bits per heavy atom. The second-order valence-corrected chi connectivity index (χ2v) is 6.73. The Kier molecular flexibility index (Phi) is 4.67. The Morgan fingerprint density at radius 3 is 2.52 bits per heavy atom. The molecule has 0 spiro atoms. The number of carbonyl (C=O) groups excluding carboxylic acids is 1. The molecule has 2 heterocycles. The molecule has 0 aliphatic rings. The molecule has 7 heteroatoms. The van der Waals surface area contributed by atoms with Crippen LogP contribution in [0.3, 0.4) is 0 Å². The fourth-order valence-corrected chi connectivity index (χ4v) is 3.26. The van der Waals surface area contributed by atoms with Crippen LogP contribution in [0.25, 0.3) is 0 Å². The Hall–Kier alpha value is -2.93. The number of anilines is 1. The summed E-state index contributed by atoms with van der Waals surface area (Å²) in [5.74, 6) is -0.543. The van der Waals surface area contributed by atoms with E-state index in [0.717, 1.165) is 20.6 Å². The Balaban J connectivity index is 1.96. The summed E-state index contributed by atoms with van der Waals surface area (Å²) in [7, 11) is 0. The number of hydrogen-bond acceptors (Lipinski definition) is 4. The molecule has 3 rings (SSSR count). The van der Waals surface area contributed by atoms with Gasteiger partial charge in [-0.15, -0.1) is 11.3 Å². The van der Waals surface area contributed by atoms with E-state index in [1.54, 1.807) is 0 Å². The normalized spacial score (nSPS) is 10.6. The number of aromatic amines is 1. The maximum atomic E-state index is 12.6. The maximum absolute atomic E-state index is 12.6. The highest BCUT2D eigenvalue weighted by Crippen LogP contribution is 2.19. The van der Waals surface area contributed by atoms with Crippen molar-refractivity contribution in [3.63, 3.8) is 0 Å². The first-order valence-corrected chi connectivity index (χ1v) is 8.58. The predicted octanol–water partition coefficient (Wildman–Crippen LogP) is 2.52. The summed E-state index contributed by atoms with van der Waals surface area (Å²) in [6, 6.07) is 9.33. The first-order chi connectivity index (χ1) is 12.0. The van der Waals surface area contributed by atoms with Crippen molar-refractivity contribution in [1.82, 2.24) is 9.55 Å². The first-order valence-electron chi connectivity index (χ1n) is 7.70. The van der Waals surface area contributed by atoms with Crippen molar-refractivity contribution < 1.29 is 4.79 Å². The Bertz CT molecular complexity index is 1010. The molecular weight excluding hydrogens is 338 g/mol. The molecule has 1 aromatic carbocycles. The van der Waals surface area contributed by atoms with E-state index in [9.17, 15) is 14.4 Å². The number of aromatic nitrogens is 2. The zero-order chi connectivity index (χ0) is 18.0. The van der Waals surface area contributed by atoms with Gasteiger partial charge in [0.2, 0.25) is 0 Å². The second kappa shape index (κ2) is 6.90. The van der Waals surface area contributed by atoms with Gasteiger partial charge in [-0.25, -0.2) is 4.79 Å². The lowest BCUT2D eigenvalue weighted by Gasteiger charge is -2.11. The second-order valence-electron chi connectivity index (χ2n) is 5.70. The van der Waals surface area contributed by atoms with Gasteiger partial charge >= 0.3 is 5.69 Å². The zero-order valence-corrected chi connectivity index (χ0v) is 14.6. The molecule has 0 saturated carbocycles. The van der Waals surface area contributed by atoms with E-state index in [0.29, 0.717) is 5.69 Å². The van der Waals surface area contributed by atoms with Gasteiger partial charge in [0.15, 0.2) is 0 Å². The van der Waals surface area contributed by atoms with Crippen molar-refractivity contribution in [2.45, 2.75) is 20.4 Å². The van der Waals surface area contributed by atoms with Crippen LogP contribution in [0, 0.1) is 13.8 Å². The van der Waals surface area contributed by atoms with E-state index in [2.05, 4.69) is 10.3 Å². The molecule has 3 aromatic rings. The Labute approximate surface area is 147 Å². The highest BCUT2D eigenvalue weighted by molar-refractivity contribution is 7.09. The number of hydrogen-bond donors (Lipinski definition) is 2. The molecule has 25 heavy (non-hydrogen) atoms. The molecule has 1 amide bonds. The molecule has 0 atom stereocenters. The van der Waals surface area contributed by atoms with Crippen molar-refractivity contribution in [3.05, 3.63) is 84.3 Å². The van der Waals surface area contributed by atoms with Crippen LogP contribution >= 0.6 is 11.3 Å². The first kappa shape index (κ1) is 16.9. The molecule has 0 aliphatic heterocycles. The molecule has 0 fully saturated rings. The van der Waals surface area contributed by atoms with E-state index >= 15 is 0 Å². The van der Waals surface area contributed by atoms with E-state index in [4.69, 9.17) is 0 Å². The largest absolute Gasteiger partial charge is 0.328 e. The number of thiophene rings is 1. The molecule has 128 valence electrons. The maximum Gasteiger partial charge on any atom is 0.328 e. The number of nitrogens with zero attached hydrogens (tertiary/aromatic N) is 1. The van der Waals surface area contributed by atoms with Gasteiger partial charge in [-0.05, 0) is 36.4 Å². The van der Waals surface area contributed by atoms with Gasteiger partial charge in [-0.1, -0.05) is 24.3 Å². The predicted molar refractivity (Wildman–Crippen MR) is 98.6 cm³/mol. The minimum absolute atomic E-state index is 0.0983. The average molecular weight is 355 g/mol.